The van der Waals surface area contributed by atoms with Gasteiger partial charge in [0.2, 0.25) is 11.6 Å². The van der Waals surface area contributed by atoms with Gasteiger partial charge in [-0.25, -0.2) is 18.4 Å². The number of piperidine rings is 1. The van der Waals surface area contributed by atoms with Crippen LogP contribution >= 0.6 is 0 Å². The lowest BCUT2D eigenvalue weighted by molar-refractivity contribution is -0.0503. The number of rotatable bonds is 7. The molecule has 0 aliphatic carbocycles. The Morgan fingerprint density at radius 2 is 1.78 bits per heavy atom. The second-order valence-corrected chi connectivity index (χ2v) is 9.90. The molecule has 36 heavy (non-hydrogen) atoms. The highest BCUT2D eigenvalue weighted by molar-refractivity contribution is 7.90. The number of ether oxygens (including phenoxy) is 2. The van der Waals surface area contributed by atoms with Crippen LogP contribution in [0, 0.1) is 11.3 Å². The van der Waals surface area contributed by atoms with E-state index in [1.165, 1.54) is 42.7 Å². The van der Waals surface area contributed by atoms with Crippen molar-refractivity contribution >= 4 is 15.8 Å². The zero-order valence-corrected chi connectivity index (χ0v) is 19.7. The minimum absolute atomic E-state index is 0.0507. The summed E-state index contributed by atoms with van der Waals surface area (Å²) in [6, 6.07) is 8.66. The Balaban J connectivity index is 1.44. The lowest BCUT2D eigenvalue weighted by Crippen LogP contribution is -2.39. The third kappa shape index (κ3) is 5.74. The van der Waals surface area contributed by atoms with Gasteiger partial charge in [0.15, 0.2) is 21.3 Å². The largest absolute Gasteiger partial charge is 0.487 e. The molecular weight excluding hydrogens is 498 g/mol. The number of nitrogens with zero attached hydrogens (tertiary/aromatic N) is 6. The summed E-state index contributed by atoms with van der Waals surface area (Å²) in [5.41, 5.74) is -0.344. The summed E-state index contributed by atoms with van der Waals surface area (Å²) in [5, 5.41) is 13.6. The summed E-state index contributed by atoms with van der Waals surface area (Å²) in [6.45, 7) is -1.96. The third-order valence-electron chi connectivity index (χ3n) is 5.37. The molecule has 14 heteroatoms. The number of nitriles is 1. The van der Waals surface area contributed by atoms with Crippen LogP contribution in [0.5, 0.6) is 11.5 Å². The molecule has 0 radical (unpaired) electrons. The van der Waals surface area contributed by atoms with Gasteiger partial charge in [0.1, 0.15) is 12.2 Å². The highest BCUT2D eigenvalue weighted by Crippen LogP contribution is 2.23. The van der Waals surface area contributed by atoms with Crippen molar-refractivity contribution in [2.45, 2.75) is 30.5 Å². The Kier molecular flexibility index (Phi) is 7.11. The van der Waals surface area contributed by atoms with Crippen LogP contribution in [0.15, 0.2) is 52.4 Å². The lowest BCUT2D eigenvalue weighted by Gasteiger charge is -2.32. The van der Waals surface area contributed by atoms with Crippen molar-refractivity contribution in [1.82, 2.24) is 19.7 Å². The molecule has 0 saturated carbocycles. The van der Waals surface area contributed by atoms with E-state index in [0.717, 1.165) is 10.9 Å². The van der Waals surface area contributed by atoms with E-state index in [9.17, 15) is 27.3 Å². The number of benzene rings is 1. The van der Waals surface area contributed by atoms with Crippen LogP contribution in [0.2, 0.25) is 0 Å². The van der Waals surface area contributed by atoms with Crippen LogP contribution in [0.25, 0.3) is 5.69 Å². The van der Waals surface area contributed by atoms with Crippen LogP contribution in [0.1, 0.15) is 18.5 Å². The van der Waals surface area contributed by atoms with E-state index in [-0.39, 0.29) is 28.2 Å². The molecule has 4 rings (SSSR count). The Morgan fingerprint density at radius 1 is 1.14 bits per heavy atom. The lowest BCUT2D eigenvalue weighted by atomic mass is 10.1. The van der Waals surface area contributed by atoms with Crippen molar-refractivity contribution in [2.75, 3.05) is 24.2 Å². The van der Waals surface area contributed by atoms with Crippen molar-refractivity contribution in [3.05, 3.63) is 58.8 Å². The Labute approximate surface area is 204 Å². The number of anilines is 1. The SMILES string of the molecule is CS(=O)(=O)c1ccc(-n2nc(C#N)c(OC3CCN(c4ncc(OC(F)F)cn4)CC3)cc2=O)cc1. The Morgan fingerprint density at radius 3 is 2.33 bits per heavy atom. The van der Waals surface area contributed by atoms with Crippen molar-refractivity contribution in [3.8, 4) is 23.3 Å². The van der Waals surface area contributed by atoms with Crippen molar-refractivity contribution in [2.24, 2.45) is 0 Å². The fraction of sp³-hybridized carbons (Fsp3) is 0.318. The predicted octanol–water partition coefficient (Wildman–Crippen LogP) is 1.95. The van der Waals surface area contributed by atoms with Crippen molar-refractivity contribution in [3.63, 3.8) is 0 Å². The summed E-state index contributed by atoms with van der Waals surface area (Å²) in [7, 11) is -3.40. The first-order chi connectivity index (χ1) is 17.1. The standard InChI is InChI=1S/C22H20F2N6O5S/c1-36(32,33)17-4-2-14(3-5-17)30-20(31)10-19(18(11-25)28-30)34-15-6-8-29(9-7-15)22-26-12-16(13-27-22)35-21(23)24/h2-5,10,12-13,15,21H,6-9H2,1H3. The van der Waals surface area contributed by atoms with Gasteiger partial charge in [-0.05, 0) is 24.3 Å². The summed E-state index contributed by atoms with van der Waals surface area (Å²) in [5.74, 6) is 0.276. The number of sulfone groups is 1. The average molecular weight is 519 g/mol. The van der Waals surface area contributed by atoms with Crippen molar-refractivity contribution in [1.29, 1.82) is 5.26 Å². The van der Waals surface area contributed by atoms with Gasteiger partial charge in [0.25, 0.3) is 5.56 Å². The summed E-state index contributed by atoms with van der Waals surface area (Å²) in [6.07, 6.45) is 4.17. The minimum Gasteiger partial charge on any atom is -0.487 e. The molecule has 0 atom stereocenters. The first-order valence-electron chi connectivity index (χ1n) is 10.7. The second kappa shape index (κ2) is 10.2. The molecule has 188 valence electrons. The molecule has 0 amide bonds. The van der Waals surface area contributed by atoms with Crippen LogP contribution in [-0.4, -0.2) is 60.2 Å². The third-order valence-corrected chi connectivity index (χ3v) is 6.50. The molecule has 1 aromatic carbocycles. The topological polar surface area (TPSA) is 140 Å². The molecule has 0 N–H and O–H groups in total. The smallest absolute Gasteiger partial charge is 0.387 e. The van der Waals surface area contributed by atoms with Gasteiger partial charge in [-0.15, -0.1) is 5.10 Å². The molecule has 1 fully saturated rings. The summed E-state index contributed by atoms with van der Waals surface area (Å²) < 4.78 is 59.0. The van der Waals surface area contributed by atoms with Gasteiger partial charge >= 0.3 is 6.61 Å². The quantitative estimate of drug-likeness (QED) is 0.456. The molecule has 0 spiro atoms. The normalized spacial score (nSPS) is 14.5. The van der Waals surface area contributed by atoms with E-state index in [4.69, 9.17) is 4.74 Å². The van der Waals surface area contributed by atoms with Gasteiger partial charge in [0, 0.05) is 32.2 Å². The summed E-state index contributed by atoms with van der Waals surface area (Å²) in [4.78, 5) is 22.7. The van der Waals surface area contributed by atoms with E-state index < -0.39 is 22.0 Å². The number of halogens is 2. The molecular formula is C22H20F2N6O5S. The monoisotopic (exact) mass is 518 g/mol. The van der Waals surface area contributed by atoms with Gasteiger partial charge in [-0.1, -0.05) is 0 Å². The molecule has 11 nitrogen and oxygen atoms in total. The zero-order chi connectivity index (χ0) is 25.9. The Bertz CT molecular complexity index is 1430. The number of aromatic nitrogens is 4. The molecule has 1 aliphatic heterocycles. The minimum atomic E-state index is -3.40. The first-order valence-corrected chi connectivity index (χ1v) is 12.6. The number of hydrogen-bond acceptors (Lipinski definition) is 10. The van der Waals surface area contributed by atoms with Gasteiger partial charge in [-0.3, -0.25) is 4.79 Å². The maximum atomic E-state index is 12.7. The molecule has 1 saturated heterocycles. The van der Waals surface area contributed by atoms with E-state index in [1.54, 1.807) is 0 Å². The van der Waals surface area contributed by atoms with E-state index in [0.29, 0.717) is 37.6 Å². The molecule has 3 heterocycles. The highest BCUT2D eigenvalue weighted by atomic mass is 32.2. The Hall–Kier alpha value is -4.12. The molecule has 0 bridgehead atoms. The predicted molar refractivity (Wildman–Crippen MR) is 122 cm³/mol. The second-order valence-electron chi connectivity index (χ2n) is 7.89. The molecule has 2 aromatic heterocycles. The van der Waals surface area contributed by atoms with Crippen LogP contribution in [-0.2, 0) is 9.84 Å². The maximum absolute atomic E-state index is 12.7. The van der Waals surface area contributed by atoms with Crippen LogP contribution in [0.3, 0.4) is 0 Å². The maximum Gasteiger partial charge on any atom is 0.387 e. The van der Waals surface area contributed by atoms with E-state index in [1.807, 2.05) is 11.0 Å². The summed E-state index contributed by atoms with van der Waals surface area (Å²) >= 11 is 0. The van der Waals surface area contributed by atoms with E-state index >= 15 is 0 Å². The zero-order valence-electron chi connectivity index (χ0n) is 18.9. The fourth-order valence-electron chi connectivity index (χ4n) is 3.62. The average Bonchev–Trinajstić information content (AvgIpc) is 2.84. The molecule has 1 aliphatic rings. The van der Waals surface area contributed by atoms with Crippen LogP contribution < -0.4 is 19.9 Å². The number of alkyl halides is 2. The van der Waals surface area contributed by atoms with Crippen LogP contribution in [0.4, 0.5) is 14.7 Å². The first kappa shape index (κ1) is 25.0. The molecule has 0 unspecified atom stereocenters. The fourth-order valence-corrected chi connectivity index (χ4v) is 4.25. The number of hydrogen-bond donors (Lipinski definition) is 0. The van der Waals surface area contributed by atoms with Crippen molar-refractivity contribution < 1.29 is 26.7 Å². The van der Waals surface area contributed by atoms with Gasteiger partial charge in [0.05, 0.1) is 29.0 Å². The van der Waals surface area contributed by atoms with Gasteiger partial charge < -0.3 is 14.4 Å². The van der Waals surface area contributed by atoms with Gasteiger partial charge in [-0.2, -0.15) is 18.7 Å². The van der Waals surface area contributed by atoms with E-state index in [2.05, 4.69) is 19.8 Å². The highest BCUT2D eigenvalue weighted by Gasteiger charge is 2.24. The molecule has 3 aromatic rings.